The summed E-state index contributed by atoms with van der Waals surface area (Å²) in [5.74, 6) is 3.32. The molecule has 0 aromatic carbocycles. The van der Waals surface area contributed by atoms with E-state index < -0.39 is 0 Å². The molecule has 1 rings (SSSR count). The molecule has 8 heavy (non-hydrogen) atoms. The van der Waals surface area contributed by atoms with Crippen LogP contribution in [0.5, 0.6) is 0 Å². The van der Waals surface area contributed by atoms with Crippen molar-refractivity contribution in [2.24, 2.45) is 11.8 Å². The lowest BCUT2D eigenvalue weighted by molar-refractivity contribution is 0.400. The monoisotopic (exact) mass is 130 g/mol. The molecule has 1 unspecified atom stereocenters. The fourth-order valence-electron chi connectivity index (χ4n) is 1.13. The summed E-state index contributed by atoms with van der Waals surface area (Å²) in [6.07, 6.45) is 0. The van der Waals surface area contributed by atoms with Crippen molar-refractivity contribution in [1.29, 1.82) is 0 Å². The minimum Gasteiger partial charge on any atom is -0.158 e. The molecular weight excluding hydrogens is 116 g/mol. The summed E-state index contributed by atoms with van der Waals surface area (Å²) >= 11 is 2.10. The van der Waals surface area contributed by atoms with Gasteiger partial charge < -0.3 is 0 Å². The summed E-state index contributed by atoms with van der Waals surface area (Å²) < 4.78 is 0. The number of rotatable bonds is 1. The van der Waals surface area contributed by atoms with Crippen molar-refractivity contribution in [2.45, 2.75) is 26.0 Å². The zero-order valence-electron chi connectivity index (χ0n) is 5.85. The van der Waals surface area contributed by atoms with Gasteiger partial charge >= 0.3 is 0 Å². The Morgan fingerprint density at radius 2 is 2.12 bits per heavy atom. The van der Waals surface area contributed by atoms with Gasteiger partial charge in [-0.2, -0.15) is 11.8 Å². The second kappa shape index (κ2) is 2.30. The Hall–Kier alpha value is 0.350. The Morgan fingerprint density at radius 1 is 1.50 bits per heavy atom. The zero-order valence-corrected chi connectivity index (χ0v) is 6.66. The standard InChI is InChI=1S/C7H14S/c1-5(2)7-4-8-6(7)3/h5-7H,4H2,1-3H3/t6-,7?/m0/s1. The average molecular weight is 130 g/mol. The quantitative estimate of drug-likeness (QED) is 0.525. The van der Waals surface area contributed by atoms with Crippen molar-refractivity contribution in [3.8, 4) is 0 Å². The summed E-state index contributed by atoms with van der Waals surface area (Å²) in [7, 11) is 0. The molecule has 1 saturated heterocycles. The predicted molar refractivity (Wildman–Crippen MR) is 40.2 cm³/mol. The molecule has 1 aliphatic rings. The summed E-state index contributed by atoms with van der Waals surface area (Å²) in [6.45, 7) is 6.97. The Balaban J connectivity index is 2.26. The zero-order chi connectivity index (χ0) is 6.15. The molecule has 0 saturated carbocycles. The van der Waals surface area contributed by atoms with Crippen LogP contribution in [0.4, 0.5) is 0 Å². The maximum absolute atomic E-state index is 2.33. The predicted octanol–water partition coefficient (Wildman–Crippen LogP) is 2.39. The van der Waals surface area contributed by atoms with Crippen molar-refractivity contribution in [3.05, 3.63) is 0 Å². The lowest BCUT2D eigenvalue weighted by atomic mass is 9.94. The van der Waals surface area contributed by atoms with Crippen LogP contribution in [-0.2, 0) is 0 Å². The molecule has 48 valence electrons. The van der Waals surface area contributed by atoms with Gasteiger partial charge in [0.25, 0.3) is 0 Å². The average Bonchev–Trinajstić information content (AvgIpc) is 1.61. The van der Waals surface area contributed by atoms with Crippen LogP contribution >= 0.6 is 11.8 Å². The van der Waals surface area contributed by atoms with E-state index >= 15 is 0 Å². The van der Waals surface area contributed by atoms with E-state index in [2.05, 4.69) is 32.5 Å². The molecular formula is C7H14S. The third-order valence-electron chi connectivity index (χ3n) is 2.01. The van der Waals surface area contributed by atoms with Crippen LogP contribution in [0, 0.1) is 11.8 Å². The SMILES string of the molecule is CC(C)C1CS[C@H]1C. The summed E-state index contributed by atoms with van der Waals surface area (Å²) in [5.41, 5.74) is 0. The molecule has 0 radical (unpaired) electrons. The molecule has 0 spiro atoms. The first kappa shape index (κ1) is 6.47. The van der Waals surface area contributed by atoms with E-state index in [1.807, 2.05) is 0 Å². The van der Waals surface area contributed by atoms with Crippen LogP contribution in [0.25, 0.3) is 0 Å². The lowest BCUT2D eigenvalue weighted by Gasteiger charge is -2.36. The van der Waals surface area contributed by atoms with E-state index in [9.17, 15) is 0 Å². The molecule has 0 aromatic heterocycles. The highest BCUT2D eigenvalue weighted by atomic mass is 32.2. The molecule has 0 bridgehead atoms. The molecule has 1 fully saturated rings. The van der Waals surface area contributed by atoms with Crippen LogP contribution in [0.3, 0.4) is 0 Å². The van der Waals surface area contributed by atoms with Crippen molar-refractivity contribution >= 4 is 11.8 Å². The Bertz CT molecular complexity index is 73.7. The molecule has 1 heterocycles. The lowest BCUT2D eigenvalue weighted by Crippen LogP contribution is -2.31. The first-order chi connectivity index (χ1) is 3.72. The van der Waals surface area contributed by atoms with Gasteiger partial charge in [0.2, 0.25) is 0 Å². The van der Waals surface area contributed by atoms with Crippen molar-refractivity contribution in [3.63, 3.8) is 0 Å². The van der Waals surface area contributed by atoms with Gasteiger partial charge in [0.1, 0.15) is 0 Å². The third-order valence-corrected chi connectivity index (χ3v) is 3.46. The fraction of sp³-hybridized carbons (Fsp3) is 1.00. The molecule has 1 heteroatoms. The van der Waals surface area contributed by atoms with Crippen molar-refractivity contribution in [2.75, 3.05) is 5.75 Å². The molecule has 1 aliphatic heterocycles. The van der Waals surface area contributed by atoms with Crippen LogP contribution in [0.2, 0.25) is 0 Å². The van der Waals surface area contributed by atoms with Gasteiger partial charge in [-0.3, -0.25) is 0 Å². The Kier molecular flexibility index (Phi) is 1.86. The van der Waals surface area contributed by atoms with E-state index in [0.29, 0.717) is 0 Å². The van der Waals surface area contributed by atoms with Crippen molar-refractivity contribution < 1.29 is 0 Å². The Morgan fingerprint density at radius 3 is 2.12 bits per heavy atom. The van der Waals surface area contributed by atoms with E-state index in [1.54, 1.807) is 0 Å². The van der Waals surface area contributed by atoms with Gasteiger partial charge in [-0.05, 0) is 17.6 Å². The van der Waals surface area contributed by atoms with E-state index in [0.717, 1.165) is 17.1 Å². The maximum Gasteiger partial charge on any atom is 0.00574 e. The molecule has 0 N–H and O–H groups in total. The smallest absolute Gasteiger partial charge is 0.00574 e. The highest BCUT2D eigenvalue weighted by molar-refractivity contribution is 8.01. The topological polar surface area (TPSA) is 0 Å². The van der Waals surface area contributed by atoms with Gasteiger partial charge in [0.05, 0.1) is 0 Å². The first-order valence-corrected chi connectivity index (χ1v) is 4.38. The highest BCUT2D eigenvalue weighted by Crippen LogP contribution is 2.38. The Labute approximate surface area is 56.0 Å². The minimum atomic E-state index is 0.909. The number of thioether (sulfide) groups is 1. The fourth-order valence-corrected chi connectivity index (χ4v) is 2.63. The van der Waals surface area contributed by atoms with Crippen LogP contribution in [0.15, 0.2) is 0 Å². The van der Waals surface area contributed by atoms with E-state index in [-0.39, 0.29) is 0 Å². The van der Waals surface area contributed by atoms with Crippen molar-refractivity contribution in [1.82, 2.24) is 0 Å². The third kappa shape index (κ3) is 1.02. The van der Waals surface area contributed by atoms with Gasteiger partial charge in [0.15, 0.2) is 0 Å². The summed E-state index contributed by atoms with van der Waals surface area (Å²) in [5, 5.41) is 0.940. The van der Waals surface area contributed by atoms with Gasteiger partial charge in [-0.25, -0.2) is 0 Å². The van der Waals surface area contributed by atoms with E-state index in [1.165, 1.54) is 5.75 Å². The number of hydrogen-bond donors (Lipinski definition) is 0. The molecule has 0 amide bonds. The van der Waals surface area contributed by atoms with Crippen LogP contribution in [-0.4, -0.2) is 11.0 Å². The van der Waals surface area contributed by atoms with E-state index in [4.69, 9.17) is 0 Å². The summed E-state index contributed by atoms with van der Waals surface area (Å²) in [4.78, 5) is 0. The van der Waals surface area contributed by atoms with Gasteiger partial charge in [-0.15, -0.1) is 0 Å². The maximum atomic E-state index is 2.33. The minimum absolute atomic E-state index is 0.909. The van der Waals surface area contributed by atoms with Crippen LogP contribution < -0.4 is 0 Å². The van der Waals surface area contributed by atoms with Gasteiger partial charge in [-0.1, -0.05) is 20.8 Å². The number of hydrogen-bond acceptors (Lipinski definition) is 1. The first-order valence-electron chi connectivity index (χ1n) is 3.33. The molecule has 0 aromatic rings. The van der Waals surface area contributed by atoms with Crippen LogP contribution in [0.1, 0.15) is 20.8 Å². The molecule has 0 aliphatic carbocycles. The molecule has 2 atom stereocenters. The second-order valence-electron chi connectivity index (χ2n) is 2.95. The van der Waals surface area contributed by atoms with Gasteiger partial charge in [0, 0.05) is 5.25 Å². The largest absolute Gasteiger partial charge is 0.158 e. The normalized spacial score (nSPS) is 37.5. The second-order valence-corrected chi connectivity index (χ2v) is 4.36. The summed E-state index contributed by atoms with van der Waals surface area (Å²) in [6, 6.07) is 0. The molecule has 0 nitrogen and oxygen atoms in total. The highest BCUT2D eigenvalue weighted by Gasteiger charge is 2.29.